The molecule has 0 amide bonds. The van der Waals surface area contributed by atoms with E-state index in [1.54, 1.807) is 6.92 Å². The van der Waals surface area contributed by atoms with E-state index in [0.717, 1.165) is 0 Å². The summed E-state index contributed by atoms with van der Waals surface area (Å²) < 4.78 is 10.8. The van der Waals surface area contributed by atoms with Crippen LogP contribution >= 0.6 is 0 Å². The van der Waals surface area contributed by atoms with Gasteiger partial charge in [-0.05, 0) is 20.8 Å². The molecule has 120 valence electrons. The summed E-state index contributed by atoms with van der Waals surface area (Å²) in [7, 11) is 1.41. The normalized spacial score (nSPS) is 13.4. The number of aryl methyl sites for hydroxylation is 1. The fraction of sp³-hybridized carbons (Fsp3) is 0.438. The van der Waals surface area contributed by atoms with Gasteiger partial charge in [0.1, 0.15) is 28.2 Å². The Bertz CT molecular complexity index is 754. The van der Waals surface area contributed by atoms with E-state index >= 15 is 0 Å². The number of fused-ring (bicyclic) bond motifs is 1. The van der Waals surface area contributed by atoms with Gasteiger partial charge in [0, 0.05) is 24.1 Å². The number of phenols is 1. The minimum Gasteiger partial charge on any atom is -0.507 e. The molecule has 3 N–H and O–H groups in total. The summed E-state index contributed by atoms with van der Waals surface area (Å²) >= 11 is 0. The van der Waals surface area contributed by atoms with E-state index in [-0.39, 0.29) is 34.3 Å². The summed E-state index contributed by atoms with van der Waals surface area (Å²) in [5, 5.41) is 30.1. The molecule has 0 spiro atoms. The fourth-order valence-electron chi connectivity index (χ4n) is 2.28. The van der Waals surface area contributed by atoms with Crippen LogP contribution in [0.15, 0.2) is 21.3 Å². The topological polar surface area (TPSA) is 100 Å². The van der Waals surface area contributed by atoms with Gasteiger partial charge in [0.15, 0.2) is 5.43 Å². The van der Waals surface area contributed by atoms with Gasteiger partial charge in [0.05, 0.1) is 18.8 Å². The van der Waals surface area contributed by atoms with Crippen LogP contribution in [0.3, 0.4) is 0 Å². The molecule has 0 saturated heterocycles. The number of aliphatic hydroxyl groups excluding tert-OH is 1. The molecule has 0 fully saturated rings. The van der Waals surface area contributed by atoms with Crippen LogP contribution in [0.4, 0.5) is 0 Å². The summed E-state index contributed by atoms with van der Waals surface area (Å²) in [4.78, 5) is 12.1. The average molecular weight is 308 g/mol. The van der Waals surface area contributed by atoms with Crippen molar-refractivity contribution in [3.8, 4) is 11.5 Å². The zero-order chi connectivity index (χ0) is 16.7. The predicted octanol–water partition coefficient (Wildman–Crippen LogP) is 1.49. The van der Waals surface area contributed by atoms with Gasteiger partial charge in [-0.25, -0.2) is 0 Å². The largest absolute Gasteiger partial charge is 0.507 e. The number of hydrogen-bond donors (Lipinski definition) is 3. The standard InChI is InChI=1S/C16H20O6/c1-8-5-10(17)14-11(18)7-12(21-4)9(15(14)22-8)6-13(19)16(2,3)20/h5,7,13,18-20H,6H2,1-4H3. The molecule has 0 saturated carbocycles. The zero-order valence-corrected chi connectivity index (χ0v) is 13.0. The number of rotatable bonds is 4. The molecule has 1 unspecified atom stereocenters. The first-order valence-corrected chi connectivity index (χ1v) is 6.89. The molecule has 1 aromatic carbocycles. The molecule has 0 aliphatic heterocycles. The molecule has 0 bridgehead atoms. The lowest BCUT2D eigenvalue weighted by Crippen LogP contribution is -2.37. The van der Waals surface area contributed by atoms with E-state index in [9.17, 15) is 20.1 Å². The minimum atomic E-state index is -1.33. The Morgan fingerprint density at radius 1 is 1.36 bits per heavy atom. The smallest absolute Gasteiger partial charge is 0.196 e. The Hall–Kier alpha value is -2.05. The third-order valence-corrected chi connectivity index (χ3v) is 3.60. The monoisotopic (exact) mass is 308 g/mol. The van der Waals surface area contributed by atoms with Crippen LogP contribution in [0.25, 0.3) is 11.0 Å². The van der Waals surface area contributed by atoms with Gasteiger partial charge >= 0.3 is 0 Å². The number of hydrogen-bond acceptors (Lipinski definition) is 6. The third-order valence-electron chi connectivity index (χ3n) is 3.60. The Morgan fingerprint density at radius 2 is 2.00 bits per heavy atom. The molecular weight excluding hydrogens is 288 g/mol. The molecule has 2 rings (SSSR count). The molecule has 0 aliphatic rings. The molecule has 2 aromatic rings. The SMILES string of the molecule is COc1cc(O)c2c(=O)cc(C)oc2c1CC(O)C(C)(C)O. The first-order chi connectivity index (χ1) is 10.1. The number of aliphatic hydroxyl groups is 2. The van der Waals surface area contributed by atoms with Crippen LogP contribution in [0, 0.1) is 6.92 Å². The van der Waals surface area contributed by atoms with Gasteiger partial charge in [0.2, 0.25) is 0 Å². The van der Waals surface area contributed by atoms with Gasteiger partial charge in [-0.15, -0.1) is 0 Å². The predicted molar refractivity (Wildman–Crippen MR) is 81.4 cm³/mol. The number of aromatic hydroxyl groups is 1. The summed E-state index contributed by atoms with van der Waals surface area (Å²) in [6.45, 7) is 4.58. The first-order valence-electron chi connectivity index (χ1n) is 6.89. The highest BCUT2D eigenvalue weighted by atomic mass is 16.5. The van der Waals surface area contributed by atoms with Crippen LogP contribution in [0.2, 0.25) is 0 Å². The third kappa shape index (κ3) is 2.93. The summed E-state index contributed by atoms with van der Waals surface area (Å²) in [5.74, 6) is 0.410. The number of methoxy groups -OCH3 is 1. The van der Waals surface area contributed by atoms with Crippen molar-refractivity contribution in [2.75, 3.05) is 7.11 Å². The van der Waals surface area contributed by atoms with Crippen molar-refractivity contribution in [1.29, 1.82) is 0 Å². The van der Waals surface area contributed by atoms with Gasteiger partial charge < -0.3 is 24.5 Å². The van der Waals surface area contributed by atoms with E-state index in [2.05, 4.69) is 0 Å². The highest BCUT2D eigenvalue weighted by molar-refractivity contribution is 5.88. The maximum absolute atomic E-state index is 12.1. The Balaban J connectivity index is 2.75. The van der Waals surface area contributed by atoms with Crippen LogP contribution in [0.1, 0.15) is 25.2 Å². The van der Waals surface area contributed by atoms with Crippen molar-refractivity contribution < 1.29 is 24.5 Å². The molecule has 1 atom stereocenters. The van der Waals surface area contributed by atoms with Crippen molar-refractivity contribution in [2.45, 2.75) is 38.9 Å². The lowest BCUT2D eigenvalue weighted by Gasteiger charge is -2.25. The van der Waals surface area contributed by atoms with Crippen molar-refractivity contribution in [3.63, 3.8) is 0 Å². The van der Waals surface area contributed by atoms with E-state index in [1.807, 2.05) is 0 Å². The average Bonchev–Trinajstić information content (AvgIpc) is 2.39. The summed E-state index contributed by atoms with van der Waals surface area (Å²) in [6, 6.07) is 2.59. The van der Waals surface area contributed by atoms with Crippen molar-refractivity contribution in [1.82, 2.24) is 0 Å². The van der Waals surface area contributed by atoms with Crippen molar-refractivity contribution in [2.24, 2.45) is 0 Å². The number of ether oxygens (including phenoxy) is 1. The van der Waals surface area contributed by atoms with Crippen LogP contribution < -0.4 is 10.2 Å². The van der Waals surface area contributed by atoms with E-state index in [0.29, 0.717) is 11.3 Å². The second kappa shape index (κ2) is 5.62. The summed E-state index contributed by atoms with van der Waals surface area (Å²) in [6.07, 6.45) is -1.09. The second-order valence-corrected chi connectivity index (χ2v) is 5.88. The maximum Gasteiger partial charge on any atom is 0.196 e. The van der Waals surface area contributed by atoms with E-state index < -0.39 is 11.7 Å². The zero-order valence-electron chi connectivity index (χ0n) is 13.0. The lowest BCUT2D eigenvalue weighted by atomic mass is 9.93. The van der Waals surface area contributed by atoms with Gasteiger partial charge in [0.25, 0.3) is 0 Å². The highest BCUT2D eigenvalue weighted by Gasteiger charge is 2.28. The van der Waals surface area contributed by atoms with Gasteiger partial charge in [-0.1, -0.05) is 0 Å². The molecule has 6 nitrogen and oxygen atoms in total. The quantitative estimate of drug-likeness (QED) is 0.791. The second-order valence-electron chi connectivity index (χ2n) is 5.88. The number of benzene rings is 1. The Morgan fingerprint density at radius 3 is 2.55 bits per heavy atom. The molecule has 22 heavy (non-hydrogen) atoms. The van der Waals surface area contributed by atoms with Crippen LogP contribution in [-0.2, 0) is 6.42 Å². The van der Waals surface area contributed by atoms with Crippen molar-refractivity contribution >= 4 is 11.0 Å². The fourth-order valence-corrected chi connectivity index (χ4v) is 2.28. The highest BCUT2D eigenvalue weighted by Crippen LogP contribution is 2.35. The molecule has 0 aliphatic carbocycles. The van der Waals surface area contributed by atoms with E-state index in [1.165, 1.54) is 33.1 Å². The Labute approximate surface area is 127 Å². The molecule has 1 heterocycles. The van der Waals surface area contributed by atoms with Crippen LogP contribution in [0.5, 0.6) is 11.5 Å². The van der Waals surface area contributed by atoms with E-state index in [4.69, 9.17) is 9.15 Å². The maximum atomic E-state index is 12.1. The first kappa shape index (κ1) is 16.3. The molecular formula is C16H20O6. The lowest BCUT2D eigenvalue weighted by molar-refractivity contribution is -0.0470. The van der Waals surface area contributed by atoms with Crippen molar-refractivity contribution in [3.05, 3.63) is 33.7 Å². The molecule has 0 radical (unpaired) electrons. The van der Waals surface area contributed by atoms with Gasteiger partial charge in [-0.2, -0.15) is 0 Å². The summed E-state index contributed by atoms with van der Waals surface area (Å²) in [5.41, 5.74) is -1.13. The van der Waals surface area contributed by atoms with Crippen LogP contribution in [-0.4, -0.2) is 34.1 Å². The van der Waals surface area contributed by atoms with Gasteiger partial charge in [-0.3, -0.25) is 4.79 Å². The number of phenolic OH excluding ortho intramolecular Hbond substituents is 1. The Kier molecular flexibility index (Phi) is 4.17. The molecule has 6 heteroatoms. The minimum absolute atomic E-state index is 0.00977. The molecule has 1 aromatic heterocycles.